The molecule has 12 atom stereocenters. The molecular formula is C34H40O14. The summed E-state index contributed by atoms with van der Waals surface area (Å²) < 4.78 is 48.4. The Kier molecular flexibility index (Phi) is 7.47. The van der Waals surface area contributed by atoms with Crippen molar-refractivity contribution >= 4 is 35.8 Å². The fourth-order valence-electron chi connectivity index (χ4n) is 10.3. The molecule has 2 saturated heterocycles. The number of fused-ring (bicyclic) bond motifs is 3. The summed E-state index contributed by atoms with van der Waals surface area (Å²) in [5.74, 6) is -6.33. The highest BCUT2D eigenvalue weighted by Gasteiger charge is 2.94. The molecule has 14 nitrogen and oxygen atoms in total. The molecule has 0 bridgehead atoms. The first-order valence-corrected chi connectivity index (χ1v) is 15.8. The molecule has 0 unspecified atom stereocenters. The van der Waals surface area contributed by atoms with E-state index in [-0.39, 0.29) is 0 Å². The monoisotopic (exact) mass is 672 g/mol. The average Bonchev–Trinajstić information content (AvgIpc) is 3.55. The van der Waals surface area contributed by atoms with Crippen molar-refractivity contribution in [2.24, 2.45) is 28.1 Å². The Balaban J connectivity index is 1.76. The summed E-state index contributed by atoms with van der Waals surface area (Å²) in [6, 6.07) is 1.59. The van der Waals surface area contributed by atoms with Gasteiger partial charge < -0.3 is 37.6 Å². The van der Waals surface area contributed by atoms with E-state index in [0.717, 1.165) is 0 Å². The molecule has 5 aliphatic rings. The molecule has 1 aromatic rings. The third-order valence-corrected chi connectivity index (χ3v) is 11.4. The van der Waals surface area contributed by atoms with Crippen molar-refractivity contribution in [1.29, 1.82) is 0 Å². The van der Waals surface area contributed by atoms with Gasteiger partial charge in [0.2, 0.25) is 0 Å². The fourth-order valence-corrected chi connectivity index (χ4v) is 10.3. The minimum absolute atomic E-state index is 0.398. The first-order chi connectivity index (χ1) is 22.3. The lowest BCUT2D eigenvalue weighted by atomic mass is 9.35. The first kappa shape index (κ1) is 33.7. The number of allylic oxidation sites excluding steroid dienone is 1. The van der Waals surface area contributed by atoms with Crippen molar-refractivity contribution in [3.8, 4) is 0 Å². The van der Waals surface area contributed by atoms with E-state index in [1.807, 2.05) is 0 Å². The second-order valence-electron chi connectivity index (χ2n) is 14.6. The van der Waals surface area contributed by atoms with Crippen LogP contribution in [0.5, 0.6) is 0 Å². The highest BCUT2D eigenvalue weighted by Crippen LogP contribution is 2.80. The summed E-state index contributed by atoms with van der Waals surface area (Å²) in [4.78, 5) is 79.0. The van der Waals surface area contributed by atoms with Crippen molar-refractivity contribution in [2.75, 3.05) is 0 Å². The summed E-state index contributed by atoms with van der Waals surface area (Å²) in [5.41, 5.74) is -7.12. The Labute approximate surface area is 276 Å². The molecule has 2 aliphatic carbocycles. The van der Waals surface area contributed by atoms with E-state index in [9.17, 15) is 28.8 Å². The molecule has 6 rings (SSSR count). The minimum atomic E-state index is -1.67. The third-order valence-electron chi connectivity index (χ3n) is 11.4. The molecule has 3 aliphatic heterocycles. The molecule has 48 heavy (non-hydrogen) atoms. The molecule has 4 heterocycles. The number of hydrogen-bond acceptors (Lipinski definition) is 14. The molecule has 1 aromatic heterocycles. The summed E-state index contributed by atoms with van der Waals surface area (Å²) >= 11 is 0. The van der Waals surface area contributed by atoms with Crippen LogP contribution in [-0.4, -0.2) is 77.5 Å². The van der Waals surface area contributed by atoms with Crippen molar-refractivity contribution in [3.63, 3.8) is 0 Å². The van der Waals surface area contributed by atoms with E-state index in [2.05, 4.69) is 0 Å². The molecule has 0 N–H and O–H groups in total. The van der Waals surface area contributed by atoms with Crippen LogP contribution in [0.15, 0.2) is 35.2 Å². The van der Waals surface area contributed by atoms with Gasteiger partial charge in [-0.1, -0.05) is 19.9 Å². The van der Waals surface area contributed by atoms with Gasteiger partial charge in [-0.2, -0.15) is 0 Å². The molecule has 14 heteroatoms. The van der Waals surface area contributed by atoms with Gasteiger partial charge in [0, 0.05) is 62.0 Å². The first-order valence-electron chi connectivity index (χ1n) is 15.8. The molecule has 260 valence electrons. The van der Waals surface area contributed by atoms with Crippen LogP contribution in [0.4, 0.5) is 0 Å². The molecular weight excluding hydrogens is 632 g/mol. The third kappa shape index (κ3) is 4.33. The van der Waals surface area contributed by atoms with Crippen molar-refractivity contribution < 1.29 is 66.3 Å². The maximum atomic E-state index is 13.8. The van der Waals surface area contributed by atoms with E-state index >= 15 is 0 Å². The Morgan fingerprint density at radius 3 is 1.79 bits per heavy atom. The Morgan fingerprint density at radius 2 is 1.27 bits per heavy atom. The van der Waals surface area contributed by atoms with Gasteiger partial charge in [0.25, 0.3) is 0 Å². The molecule has 0 amide bonds. The van der Waals surface area contributed by atoms with Gasteiger partial charge in [-0.05, 0) is 26.8 Å². The van der Waals surface area contributed by atoms with Crippen molar-refractivity contribution in [3.05, 3.63) is 36.3 Å². The van der Waals surface area contributed by atoms with Gasteiger partial charge in [-0.15, -0.1) is 0 Å². The van der Waals surface area contributed by atoms with Gasteiger partial charge in [0.05, 0.1) is 17.9 Å². The van der Waals surface area contributed by atoms with Gasteiger partial charge in [-0.3, -0.25) is 19.2 Å². The molecule has 0 aromatic carbocycles. The highest BCUT2D eigenvalue weighted by atomic mass is 16.7. The van der Waals surface area contributed by atoms with Crippen LogP contribution in [0.25, 0.3) is 0 Å². The van der Waals surface area contributed by atoms with Crippen LogP contribution >= 0.6 is 0 Å². The van der Waals surface area contributed by atoms with Gasteiger partial charge in [0.15, 0.2) is 12.2 Å². The highest BCUT2D eigenvalue weighted by molar-refractivity contribution is 5.84. The second kappa shape index (κ2) is 10.6. The summed E-state index contributed by atoms with van der Waals surface area (Å²) in [7, 11) is 0. The normalized spacial score (nSPS) is 43.4. The number of ether oxygens (including phenoxy) is 7. The quantitative estimate of drug-likeness (QED) is 0.253. The molecule has 0 radical (unpaired) electrons. The predicted molar refractivity (Wildman–Crippen MR) is 158 cm³/mol. The Morgan fingerprint density at radius 1 is 0.729 bits per heavy atom. The Bertz CT molecular complexity index is 1610. The van der Waals surface area contributed by atoms with Crippen LogP contribution in [0, 0.1) is 28.1 Å². The zero-order chi connectivity index (χ0) is 35.4. The minimum Gasteiger partial charge on any atom is -0.472 e. The number of rotatable bonds is 5. The number of esters is 6. The number of cyclic esters (lactones) is 2. The van der Waals surface area contributed by atoms with Crippen LogP contribution < -0.4 is 0 Å². The summed E-state index contributed by atoms with van der Waals surface area (Å²) in [5, 5.41) is 0. The topological polar surface area (TPSA) is 183 Å². The van der Waals surface area contributed by atoms with Gasteiger partial charge in [0.1, 0.15) is 35.6 Å². The Hall–Kier alpha value is -4.20. The average molecular weight is 673 g/mol. The number of furan rings is 1. The molecule has 4 fully saturated rings. The lowest BCUT2D eigenvalue weighted by Gasteiger charge is -2.70. The van der Waals surface area contributed by atoms with Crippen LogP contribution in [-0.2, 0) is 61.9 Å². The number of epoxide rings is 1. The van der Waals surface area contributed by atoms with E-state index in [1.165, 1.54) is 46.3 Å². The second-order valence-corrected chi connectivity index (χ2v) is 14.6. The van der Waals surface area contributed by atoms with E-state index < -0.39 is 112 Å². The zero-order valence-electron chi connectivity index (χ0n) is 28.2. The molecule has 2 saturated carbocycles. The van der Waals surface area contributed by atoms with Crippen LogP contribution in [0.3, 0.4) is 0 Å². The van der Waals surface area contributed by atoms with Crippen LogP contribution in [0.2, 0.25) is 0 Å². The maximum Gasteiger partial charge on any atom is 0.339 e. The lowest BCUT2D eigenvalue weighted by Crippen LogP contribution is -2.82. The van der Waals surface area contributed by atoms with E-state index in [4.69, 9.17) is 37.6 Å². The van der Waals surface area contributed by atoms with E-state index in [1.54, 1.807) is 46.8 Å². The van der Waals surface area contributed by atoms with Crippen LogP contribution in [0.1, 0.15) is 74.0 Å². The number of carbonyl (C=O) groups excluding carboxylic acids is 6. The SMILES string of the molecule is CC(=O)O[C@H]1[C@@H](OC(C)=O)[C@]2(C)[C@H]([C@H](OC(C)=O)[C@H](OC(C)=O)[C@@]3(C)[C@H](c4ccoc4)OC(=O)[C@H]4O[C@@]423)[C@@]2(C)C=CC(=O)OC(C)(C)[C@H]12. The van der Waals surface area contributed by atoms with E-state index in [0.29, 0.717) is 5.56 Å². The number of carbonyl (C=O) groups is 6. The lowest BCUT2D eigenvalue weighted by molar-refractivity contribution is -0.334. The largest absolute Gasteiger partial charge is 0.472 e. The smallest absolute Gasteiger partial charge is 0.339 e. The summed E-state index contributed by atoms with van der Waals surface area (Å²) in [6.45, 7) is 13.3. The van der Waals surface area contributed by atoms with Crippen molar-refractivity contribution in [2.45, 2.75) is 110 Å². The predicted octanol–water partition coefficient (Wildman–Crippen LogP) is 2.91. The van der Waals surface area contributed by atoms with Crippen molar-refractivity contribution in [1.82, 2.24) is 0 Å². The van der Waals surface area contributed by atoms with Gasteiger partial charge in [-0.25, -0.2) is 9.59 Å². The maximum absolute atomic E-state index is 13.8. The zero-order valence-corrected chi connectivity index (χ0v) is 28.2. The van der Waals surface area contributed by atoms with Gasteiger partial charge >= 0.3 is 35.8 Å². The molecule has 1 spiro atoms. The standard InChI is InChI=1S/C34H40O14/c1-15(35)42-21-23-30(5,6)47-20(39)10-12-31(23,7)24-22(43-16(2)36)27(45-18(4)38)33(9)25(19-11-13-41-14-19)46-29(40)28-34(33,48-28)32(24,8)26(21)44-17(3)37/h10-14,21-28H,1-9H3/t21-,22+,23+,24-,25+,26-,27+,28-,31+,32+,33-,34+/m1/s1. The summed E-state index contributed by atoms with van der Waals surface area (Å²) in [6.07, 6.45) is -2.21. The number of hydrogen-bond donors (Lipinski definition) is 0. The fraction of sp³-hybridized carbons (Fsp3) is 0.647.